The molecule has 1 heterocycles. The fourth-order valence-electron chi connectivity index (χ4n) is 2.54. The number of aliphatic imine (C=N–C) groups is 1. The van der Waals surface area contributed by atoms with Gasteiger partial charge in [0.2, 0.25) is 0 Å². The molecule has 0 aromatic rings. The molecule has 1 aliphatic heterocycles. The Morgan fingerprint density at radius 2 is 1.83 bits per heavy atom. The van der Waals surface area contributed by atoms with Gasteiger partial charge in [-0.25, -0.2) is 0 Å². The summed E-state index contributed by atoms with van der Waals surface area (Å²) in [5.74, 6) is 1.96. The highest BCUT2D eigenvalue weighted by atomic mass is 15.2. The van der Waals surface area contributed by atoms with Gasteiger partial charge >= 0.3 is 0 Å². The molecule has 1 saturated carbocycles. The summed E-state index contributed by atoms with van der Waals surface area (Å²) in [6, 6.07) is 0. The average molecular weight is 252 g/mol. The van der Waals surface area contributed by atoms with Crippen molar-refractivity contribution in [1.29, 1.82) is 0 Å². The van der Waals surface area contributed by atoms with Gasteiger partial charge in [-0.05, 0) is 38.3 Å². The third-order valence-electron chi connectivity index (χ3n) is 3.93. The summed E-state index contributed by atoms with van der Waals surface area (Å²) in [6.07, 6.45) is 8.31. The van der Waals surface area contributed by atoms with E-state index in [-0.39, 0.29) is 0 Å². The summed E-state index contributed by atoms with van der Waals surface area (Å²) in [4.78, 5) is 6.81. The lowest BCUT2D eigenvalue weighted by Gasteiger charge is -2.26. The molecule has 0 amide bonds. The molecule has 1 saturated heterocycles. The molecular weight excluding hydrogens is 224 g/mol. The maximum atomic E-state index is 4.26. The van der Waals surface area contributed by atoms with Gasteiger partial charge in [-0.3, -0.25) is 4.99 Å². The monoisotopic (exact) mass is 252 g/mol. The molecule has 0 atom stereocenters. The zero-order chi connectivity index (χ0) is 12.6. The quantitative estimate of drug-likeness (QED) is 0.555. The molecule has 104 valence electrons. The van der Waals surface area contributed by atoms with Crippen molar-refractivity contribution in [3.8, 4) is 0 Å². The second kappa shape index (κ2) is 7.62. The fourth-order valence-corrected chi connectivity index (χ4v) is 2.54. The lowest BCUT2D eigenvalue weighted by Crippen LogP contribution is -2.42. The van der Waals surface area contributed by atoms with Crippen LogP contribution >= 0.6 is 0 Å². The fraction of sp³-hybridized carbons (Fsp3) is 0.929. The zero-order valence-electron chi connectivity index (χ0n) is 11.7. The van der Waals surface area contributed by atoms with Crippen LogP contribution in [-0.2, 0) is 0 Å². The topological polar surface area (TPSA) is 39.7 Å². The Hall–Kier alpha value is -0.770. The Kier molecular flexibility index (Phi) is 5.78. The molecular formula is C14H28N4. The molecule has 2 N–H and O–H groups in total. The number of guanidine groups is 1. The maximum absolute atomic E-state index is 4.26. The van der Waals surface area contributed by atoms with Crippen LogP contribution in [0.25, 0.3) is 0 Å². The molecule has 0 radical (unpaired) electrons. The van der Waals surface area contributed by atoms with E-state index in [4.69, 9.17) is 0 Å². The number of likely N-dealkylation sites (tertiary alicyclic amines) is 1. The highest BCUT2D eigenvalue weighted by Crippen LogP contribution is 2.31. The van der Waals surface area contributed by atoms with E-state index in [9.17, 15) is 0 Å². The van der Waals surface area contributed by atoms with Gasteiger partial charge in [-0.2, -0.15) is 0 Å². The van der Waals surface area contributed by atoms with Crippen LogP contribution in [0.5, 0.6) is 0 Å². The van der Waals surface area contributed by atoms with E-state index in [1.54, 1.807) is 0 Å². The molecule has 2 aliphatic rings. The van der Waals surface area contributed by atoms with Crippen LogP contribution in [0.4, 0.5) is 0 Å². The summed E-state index contributed by atoms with van der Waals surface area (Å²) < 4.78 is 0. The highest BCUT2D eigenvalue weighted by molar-refractivity contribution is 5.79. The minimum atomic E-state index is 0.965. The number of nitrogens with zero attached hydrogens (tertiary/aromatic N) is 2. The predicted octanol–water partition coefficient (Wildman–Crippen LogP) is 1.44. The van der Waals surface area contributed by atoms with Crippen LogP contribution in [-0.4, -0.2) is 50.6 Å². The van der Waals surface area contributed by atoms with Gasteiger partial charge in [0.15, 0.2) is 5.96 Å². The van der Waals surface area contributed by atoms with Crippen molar-refractivity contribution in [3.63, 3.8) is 0 Å². The lowest BCUT2D eigenvalue weighted by molar-refractivity contribution is 0.232. The van der Waals surface area contributed by atoms with Crippen LogP contribution in [0.3, 0.4) is 0 Å². The highest BCUT2D eigenvalue weighted by Gasteiger charge is 2.20. The Morgan fingerprint density at radius 1 is 1.11 bits per heavy atom. The van der Waals surface area contributed by atoms with Gasteiger partial charge in [-0.15, -0.1) is 0 Å². The molecule has 0 spiro atoms. The Labute approximate surface area is 111 Å². The molecule has 4 heteroatoms. The van der Waals surface area contributed by atoms with E-state index in [0.29, 0.717) is 0 Å². The van der Waals surface area contributed by atoms with E-state index in [0.717, 1.165) is 31.5 Å². The van der Waals surface area contributed by atoms with Crippen molar-refractivity contribution in [2.24, 2.45) is 10.9 Å². The molecule has 0 aromatic heterocycles. The Balaban J connectivity index is 1.52. The molecule has 2 fully saturated rings. The minimum absolute atomic E-state index is 0.965. The number of hydrogen-bond donors (Lipinski definition) is 2. The third-order valence-corrected chi connectivity index (χ3v) is 3.93. The van der Waals surface area contributed by atoms with Gasteiger partial charge in [0.25, 0.3) is 0 Å². The molecule has 2 rings (SSSR count). The second-order valence-corrected chi connectivity index (χ2v) is 5.56. The molecule has 1 aliphatic carbocycles. The SMILES string of the molecule is CN=C(NCCC1CC1)NCCN1CCCCC1. The number of rotatable bonds is 6. The largest absolute Gasteiger partial charge is 0.356 e. The van der Waals surface area contributed by atoms with Crippen LogP contribution in [0.1, 0.15) is 38.5 Å². The van der Waals surface area contributed by atoms with E-state index in [1.807, 2.05) is 7.05 Å². The van der Waals surface area contributed by atoms with Gasteiger partial charge < -0.3 is 15.5 Å². The van der Waals surface area contributed by atoms with Crippen LogP contribution in [0.15, 0.2) is 4.99 Å². The van der Waals surface area contributed by atoms with Crippen molar-refractivity contribution in [1.82, 2.24) is 15.5 Å². The predicted molar refractivity (Wildman–Crippen MR) is 77.0 cm³/mol. The normalized spacial score (nSPS) is 21.9. The van der Waals surface area contributed by atoms with Crippen molar-refractivity contribution in [2.45, 2.75) is 38.5 Å². The number of piperidine rings is 1. The van der Waals surface area contributed by atoms with E-state index in [2.05, 4.69) is 20.5 Å². The van der Waals surface area contributed by atoms with E-state index >= 15 is 0 Å². The standard InChI is InChI=1S/C14H28N4/c1-15-14(16-8-7-13-5-6-13)17-9-12-18-10-3-2-4-11-18/h13H,2-12H2,1H3,(H2,15,16,17). The van der Waals surface area contributed by atoms with Gasteiger partial charge in [0.05, 0.1) is 0 Å². The molecule has 18 heavy (non-hydrogen) atoms. The molecule has 4 nitrogen and oxygen atoms in total. The van der Waals surface area contributed by atoms with Gasteiger partial charge in [-0.1, -0.05) is 19.3 Å². The molecule has 0 unspecified atom stereocenters. The second-order valence-electron chi connectivity index (χ2n) is 5.56. The van der Waals surface area contributed by atoms with Crippen molar-refractivity contribution in [2.75, 3.05) is 39.8 Å². The Bertz CT molecular complexity index is 255. The first kappa shape index (κ1) is 13.7. The first-order valence-corrected chi connectivity index (χ1v) is 7.55. The minimum Gasteiger partial charge on any atom is -0.356 e. The van der Waals surface area contributed by atoms with E-state index < -0.39 is 0 Å². The average Bonchev–Trinajstić information content (AvgIpc) is 3.22. The van der Waals surface area contributed by atoms with Gasteiger partial charge in [0.1, 0.15) is 0 Å². The van der Waals surface area contributed by atoms with Crippen molar-refractivity contribution < 1.29 is 0 Å². The molecule has 0 aromatic carbocycles. The van der Waals surface area contributed by atoms with E-state index in [1.165, 1.54) is 51.6 Å². The number of nitrogens with one attached hydrogen (secondary N) is 2. The summed E-state index contributed by atoms with van der Waals surface area (Å²) >= 11 is 0. The first-order valence-electron chi connectivity index (χ1n) is 7.55. The van der Waals surface area contributed by atoms with Crippen LogP contribution in [0.2, 0.25) is 0 Å². The smallest absolute Gasteiger partial charge is 0.191 e. The number of hydrogen-bond acceptors (Lipinski definition) is 2. The maximum Gasteiger partial charge on any atom is 0.191 e. The summed E-state index contributed by atoms with van der Waals surface area (Å²) in [5.41, 5.74) is 0. The first-order chi connectivity index (χ1) is 8.88. The van der Waals surface area contributed by atoms with Crippen molar-refractivity contribution in [3.05, 3.63) is 0 Å². The van der Waals surface area contributed by atoms with Crippen LogP contribution in [0, 0.1) is 5.92 Å². The van der Waals surface area contributed by atoms with Crippen molar-refractivity contribution >= 4 is 5.96 Å². The molecule has 0 bridgehead atoms. The summed E-state index contributed by atoms with van der Waals surface area (Å²) in [6.45, 7) is 5.76. The summed E-state index contributed by atoms with van der Waals surface area (Å²) in [5, 5.41) is 6.81. The third kappa shape index (κ3) is 5.25. The van der Waals surface area contributed by atoms with Gasteiger partial charge in [0, 0.05) is 26.7 Å². The van der Waals surface area contributed by atoms with Crippen LogP contribution < -0.4 is 10.6 Å². The Morgan fingerprint density at radius 3 is 2.50 bits per heavy atom. The summed E-state index contributed by atoms with van der Waals surface area (Å²) in [7, 11) is 1.85. The lowest BCUT2D eigenvalue weighted by atomic mass is 10.1. The zero-order valence-corrected chi connectivity index (χ0v) is 11.7.